The van der Waals surface area contributed by atoms with Crippen LogP contribution in [0.2, 0.25) is 0 Å². The van der Waals surface area contributed by atoms with Gasteiger partial charge >= 0.3 is 17.9 Å². The van der Waals surface area contributed by atoms with E-state index >= 15 is 0 Å². The molecule has 0 saturated heterocycles. The first-order valence-corrected chi connectivity index (χ1v) is 29.6. The minimum Gasteiger partial charge on any atom is -0.462 e. The fraction of sp³-hybridized carbons (Fsp3) is 0.734. The predicted octanol–water partition coefficient (Wildman–Crippen LogP) is 19.9. The quantitative estimate of drug-likeness (QED) is 0.0261. The van der Waals surface area contributed by atoms with Crippen molar-refractivity contribution in [2.45, 2.75) is 290 Å². The van der Waals surface area contributed by atoms with Crippen LogP contribution < -0.4 is 0 Å². The van der Waals surface area contributed by atoms with Gasteiger partial charge in [-0.15, -0.1) is 0 Å². The van der Waals surface area contributed by atoms with Crippen molar-refractivity contribution in [2.24, 2.45) is 0 Å². The standard InChI is InChI=1S/C64H110O6/c1-4-7-10-13-16-18-20-22-24-26-28-30-32-34-36-38-40-42-44-46-48-51-54-57-63(66)69-60-61(59-68-62(65)56-53-50-15-12-9-6-3)70-64(67)58-55-52-49-47-45-43-41-39-37-35-33-31-29-27-25-23-21-19-17-14-11-8-5-2/h7,10,16,18,22,24,28,30,34,36,40,42,46,48,61H,4-6,8-9,11-15,17,19-21,23,25-27,29,31-33,35,37-39,41,43-45,47,49-60H2,1-3H3/b10-7-,18-16-,24-22-,30-28-,36-34-,42-40-,48-46-. The fourth-order valence-electron chi connectivity index (χ4n) is 8.26. The Hall–Kier alpha value is -3.41. The molecule has 0 amide bonds. The molecule has 0 fully saturated rings. The molecule has 0 rings (SSSR count). The molecule has 0 aliphatic carbocycles. The van der Waals surface area contributed by atoms with Gasteiger partial charge in [-0.25, -0.2) is 0 Å². The van der Waals surface area contributed by atoms with Gasteiger partial charge in [-0.05, 0) is 70.6 Å². The highest BCUT2D eigenvalue weighted by Gasteiger charge is 2.19. The number of esters is 3. The number of carbonyl (C=O) groups excluding carboxylic acids is 3. The van der Waals surface area contributed by atoms with Gasteiger partial charge in [0.15, 0.2) is 6.10 Å². The second-order valence-corrected chi connectivity index (χ2v) is 19.5. The molecule has 70 heavy (non-hydrogen) atoms. The van der Waals surface area contributed by atoms with Crippen molar-refractivity contribution in [1.29, 1.82) is 0 Å². The normalized spacial score (nSPS) is 12.7. The highest BCUT2D eigenvalue weighted by Crippen LogP contribution is 2.17. The van der Waals surface area contributed by atoms with Crippen LogP contribution in [0.3, 0.4) is 0 Å². The van der Waals surface area contributed by atoms with Crippen molar-refractivity contribution in [3.63, 3.8) is 0 Å². The summed E-state index contributed by atoms with van der Waals surface area (Å²) in [5.41, 5.74) is 0. The Balaban J connectivity index is 4.22. The molecule has 0 aromatic heterocycles. The van der Waals surface area contributed by atoms with E-state index in [0.29, 0.717) is 19.3 Å². The van der Waals surface area contributed by atoms with Gasteiger partial charge < -0.3 is 14.2 Å². The summed E-state index contributed by atoms with van der Waals surface area (Å²) in [7, 11) is 0. The first kappa shape index (κ1) is 66.6. The molecule has 0 saturated carbocycles. The zero-order valence-electron chi connectivity index (χ0n) is 46.0. The molecular formula is C64H110O6. The third-order valence-corrected chi connectivity index (χ3v) is 12.7. The van der Waals surface area contributed by atoms with E-state index in [1.54, 1.807) is 0 Å². The second-order valence-electron chi connectivity index (χ2n) is 19.5. The minimum atomic E-state index is -0.796. The molecule has 1 atom stereocenters. The largest absolute Gasteiger partial charge is 0.462 e. The van der Waals surface area contributed by atoms with Crippen molar-refractivity contribution in [2.75, 3.05) is 13.2 Å². The Morgan fingerprint density at radius 2 is 0.557 bits per heavy atom. The van der Waals surface area contributed by atoms with Crippen LogP contribution in [0.25, 0.3) is 0 Å². The Morgan fingerprint density at radius 1 is 0.300 bits per heavy atom. The van der Waals surface area contributed by atoms with E-state index in [1.807, 2.05) is 0 Å². The molecule has 1 unspecified atom stereocenters. The van der Waals surface area contributed by atoms with Crippen molar-refractivity contribution >= 4 is 17.9 Å². The topological polar surface area (TPSA) is 78.9 Å². The summed E-state index contributed by atoms with van der Waals surface area (Å²) in [6.07, 6.45) is 76.2. The number of allylic oxidation sites excluding steroid dienone is 14. The highest BCUT2D eigenvalue weighted by atomic mass is 16.6. The summed E-state index contributed by atoms with van der Waals surface area (Å²) in [4.78, 5) is 37.9. The van der Waals surface area contributed by atoms with E-state index in [0.717, 1.165) is 89.9 Å². The summed E-state index contributed by atoms with van der Waals surface area (Å²) >= 11 is 0. The van der Waals surface area contributed by atoms with E-state index in [2.05, 4.69) is 106 Å². The van der Waals surface area contributed by atoms with Crippen molar-refractivity contribution in [3.05, 3.63) is 85.1 Å². The average Bonchev–Trinajstić information content (AvgIpc) is 3.36. The molecule has 0 aromatic rings. The third-order valence-electron chi connectivity index (χ3n) is 12.7. The summed E-state index contributed by atoms with van der Waals surface area (Å²) in [6, 6.07) is 0. The van der Waals surface area contributed by atoms with Gasteiger partial charge in [-0.2, -0.15) is 0 Å². The van der Waals surface area contributed by atoms with E-state index in [4.69, 9.17) is 14.2 Å². The molecule has 0 spiro atoms. The van der Waals surface area contributed by atoms with Crippen LogP contribution >= 0.6 is 0 Å². The van der Waals surface area contributed by atoms with Crippen LogP contribution in [0.1, 0.15) is 284 Å². The maximum Gasteiger partial charge on any atom is 0.306 e. The molecule has 0 heterocycles. The molecule has 0 aromatic carbocycles. The van der Waals surface area contributed by atoms with Crippen molar-refractivity contribution in [1.82, 2.24) is 0 Å². The summed E-state index contributed by atoms with van der Waals surface area (Å²) in [5.74, 6) is -0.957. The minimum absolute atomic E-state index is 0.0928. The van der Waals surface area contributed by atoms with Gasteiger partial charge in [0.05, 0.1) is 0 Å². The number of rotatable bonds is 53. The van der Waals surface area contributed by atoms with Crippen LogP contribution in [0.15, 0.2) is 85.1 Å². The fourth-order valence-corrected chi connectivity index (χ4v) is 8.26. The lowest BCUT2D eigenvalue weighted by Gasteiger charge is -2.18. The first-order chi connectivity index (χ1) is 34.5. The van der Waals surface area contributed by atoms with Crippen molar-refractivity contribution < 1.29 is 28.6 Å². The van der Waals surface area contributed by atoms with Crippen LogP contribution in [0.5, 0.6) is 0 Å². The third kappa shape index (κ3) is 55.5. The van der Waals surface area contributed by atoms with Gasteiger partial charge in [0, 0.05) is 19.3 Å². The zero-order chi connectivity index (χ0) is 50.7. The lowest BCUT2D eigenvalue weighted by molar-refractivity contribution is -0.167. The summed E-state index contributed by atoms with van der Waals surface area (Å²) in [5, 5.41) is 0. The van der Waals surface area contributed by atoms with Gasteiger partial charge in [0.25, 0.3) is 0 Å². The summed E-state index contributed by atoms with van der Waals surface area (Å²) in [6.45, 7) is 6.44. The monoisotopic (exact) mass is 975 g/mol. The molecule has 6 heteroatoms. The molecule has 6 nitrogen and oxygen atoms in total. The van der Waals surface area contributed by atoms with E-state index in [-0.39, 0.29) is 37.5 Å². The molecule has 0 aliphatic heterocycles. The van der Waals surface area contributed by atoms with Crippen LogP contribution in [0, 0.1) is 0 Å². The van der Waals surface area contributed by atoms with E-state index < -0.39 is 6.10 Å². The molecule has 0 radical (unpaired) electrons. The zero-order valence-corrected chi connectivity index (χ0v) is 46.0. The van der Waals surface area contributed by atoms with Gasteiger partial charge in [-0.3, -0.25) is 14.4 Å². The second kappa shape index (κ2) is 58.2. The maximum absolute atomic E-state index is 12.8. The lowest BCUT2D eigenvalue weighted by atomic mass is 10.0. The molecule has 402 valence electrons. The maximum atomic E-state index is 12.8. The molecule has 0 N–H and O–H groups in total. The summed E-state index contributed by atoms with van der Waals surface area (Å²) < 4.78 is 16.7. The first-order valence-electron chi connectivity index (χ1n) is 29.6. The Kier molecular flexibility index (Phi) is 55.3. The SMILES string of the molecule is CC/C=C\C/C=C\C/C=C\C/C=C\C/C=C\C/C=C\C/C=C\CCCC(=O)OCC(COC(=O)CCCCCCCC)OC(=O)CCCCCCCCCCCCCCCCCCCCCCCCC. The highest BCUT2D eigenvalue weighted by molar-refractivity contribution is 5.71. The van der Waals surface area contributed by atoms with Crippen LogP contribution in [-0.2, 0) is 28.6 Å². The van der Waals surface area contributed by atoms with E-state index in [9.17, 15) is 14.4 Å². The number of unbranched alkanes of at least 4 members (excludes halogenated alkanes) is 28. The van der Waals surface area contributed by atoms with Gasteiger partial charge in [0.2, 0.25) is 0 Å². The van der Waals surface area contributed by atoms with Gasteiger partial charge in [-0.1, -0.05) is 279 Å². The Labute approximate surface area is 433 Å². The number of hydrogen-bond donors (Lipinski definition) is 0. The van der Waals surface area contributed by atoms with Crippen molar-refractivity contribution in [3.8, 4) is 0 Å². The molecule has 0 aliphatic rings. The Bertz CT molecular complexity index is 1350. The smallest absolute Gasteiger partial charge is 0.306 e. The van der Waals surface area contributed by atoms with Crippen LogP contribution in [0.4, 0.5) is 0 Å². The molecular weight excluding hydrogens is 865 g/mol. The molecule has 0 bridgehead atoms. The Morgan fingerprint density at radius 3 is 0.871 bits per heavy atom. The average molecular weight is 976 g/mol. The van der Waals surface area contributed by atoms with Gasteiger partial charge in [0.1, 0.15) is 13.2 Å². The number of ether oxygens (including phenoxy) is 3. The lowest BCUT2D eigenvalue weighted by Crippen LogP contribution is -2.30. The number of carbonyl (C=O) groups is 3. The van der Waals surface area contributed by atoms with Crippen LogP contribution in [-0.4, -0.2) is 37.2 Å². The predicted molar refractivity (Wildman–Crippen MR) is 302 cm³/mol. The number of hydrogen-bond acceptors (Lipinski definition) is 6. The van der Waals surface area contributed by atoms with E-state index in [1.165, 1.54) is 148 Å².